The summed E-state index contributed by atoms with van der Waals surface area (Å²) in [5, 5.41) is 4.11. The summed E-state index contributed by atoms with van der Waals surface area (Å²) >= 11 is 0. The molecule has 1 aliphatic rings. The molecule has 0 fully saturated rings. The van der Waals surface area contributed by atoms with Crippen LogP contribution >= 0.6 is 0 Å². The summed E-state index contributed by atoms with van der Waals surface area (Å²) in [4.78, 5) is 17.2. The lowest BCUT2D eigenvalue weighted by molar-refractivity contribution is 0.481. The summed E-state index contributed by atoms with van der Waals surface area (Å²) in [7, 11) is 0. The monoisotopic (exact) mass is 554 g/mol. The zero-order valence-electron chi connectivity index (χ0n) is 22.8. The highest BCUT2D eigenvalue weighted by Gasteiger charge is 2.34. The predicted molar refractivity (Wildman–Crippen MR) is 170 cm³/mol. The molecular weight excluding hydrogens is 532 g/mol. The lowest BCUT2D eigenvalue weighted by atomic mass is 9.99. The number of aromatic nitrogens is 3. The number of anilines is 3. The summed E-state index contributed by atoms with van der Waals surface area (Å²) < 4.78 is 13.4. The molecule has 0 unspecified atom stereocenters. The van der Waals surface area contributed by atoms with Crippen LogP contribution in [0.25, 0.3) is 55.5 Å². The number of nitrogens with zero attached hydrogens (tertiary/aromatic N) is 4. The maximum absolute atomic E-state index is 6.70. The molecule has 2 aromatic heterocycles. The highest BCUT2D eigenvalue weighted by molar-refractivity contribution is 6.25. The van der Waals surface area contributed by atoms with Gasteiger partial charge in [-0.05, 0) is 23.6 Å². The van der Waals surface area contributed by atoms with Crippen molar-refractivity contribution in [1.82, 2.24) is 15.0 Å². The molecule has 3 heterocycles. The number of hydrogen-bond donors (Lipinski definition) is 0. The van der Waals surface area contributed by atoms with E-state index in [0.29, 0.717) is 34.7 Å². The molecule has 202 valence electrons. The Morgan fingerprint density at radius 3 is 1.81 bits per heavy atom. The van der Waals surface area contributed by atoms with Crippen molar-refractivity contribution >= 4 is 50.0 Å². The van der Waals surface area contributed by atoms with Crippen LogP contribution in [0.3, 0.4) is 0 Å². The van der Waals surface area contributed by atoms with E-state index in [9.17, 15) is 0 Å². The maximum atomic E-state index is 6.70. The molecule has 6 heteroatoms. The second kappa shape index (κ2) is 9.26. The van der Waals surface area contributed by atoms with Crippen molar-refractivity contribution in [1.29, 1.82) is 0 Å². The average Bonchev–Trinajstić information content (AvgIpc) is 3.48. The molecular formula is C37H22N4O2. The van der Waals surface area contributed by atoms with Gasteiger partial charge in [-0.2, -0.15) is 9.97 Å². The fraction of sp³-hybridized carbons (Fsp3) is 0. The van der Waals surface area contributed by atoms with Crippen LogP contribution in [0.1, 0.15) is 0 Å². The van der Waals surface area contributed by atoms with Crippen LogP contribution in [-0.4, -0.2) is 15.0 Å². The van der Waals surface area contributed by atoms with Crippen molar-refractivity contribution in [3.63, 3.8) is 0 Å². The van der Waals surface area contributed by atoms with Crippen molar-refractivity contribution in [2.45, 2.75) is 0 Å². The molecule has 1 aliphatic heterocycles. The van der Waals surface area contributed by atoms with Crippen molar-refractivity contribution in [2.75, 3.05) is 4.90 Å². The number of rotatable bonds is 3. The SMILES string of the molecule is c1ccc(-c2nc(-c3ccccc3)nc(N3c4ccccc4Oc4c3c3oc5ccccc5c3c3ccccc43)n2)cc1. The second-order valence-corrected chi connectivity index (χ2v) is 10.4. The number of para-hydroxylation sites is 3. The minimum Gasteiger partial charge on any atom is -0.454 e. The molecule has 0 saturated heterocycles. The van der Waals surface area contributed by atoms with Crippen LogP contribution in [-0.2, 0) is 0 Å². The molecule has 0 amide bonds. The third-order valence-corrected chi connectivity index (χ3v) is 7.90. The molecule has 6 nitrogen and oxygen atoms in total. The highest BCUT2D eigenvalue weighted by Crippen LogP contribution is 2.57. The first kappa shape index (κ1) is 23.7. The van der Waals surface area contributed by atoms with E-state index in [1.54, 1.807) is 0 Å². The first-order chi connectivity index (χ1) is 21.3. The van der Waals surface area contributed by atoms with Crippen molar-refractivity contribution in [2.24, 2.45) is 0 Å². The Labute approximate surface area is 246 Å². The third kappa shape index (κ3) is 3.63. The van der Waals surface area contributed by atoms with E-state index in [-0.39, 0.29) is 0 Å². The minimum atomic E-state index is 0.474. The van der Waals surface area contributed by atoms with Crippen LogP contribution in [0.2, 0.25) is 0 Å². The first-order valence-electron chi connectivity index (χ1n) is 14.1. The molecule has 9 rings (SSSR count). The lowest BCUT2D eigenvalue weighted by Gasteiger charge is -2.32. The van der Waals surface area contributed by atoms with Crippen LogP contribution in [0.4, 0.5) is 17.3 Å². The summed E-state index contributed by atoms with van der Waals surface area (Å²) in [6, 6.07) is 44.4. The molecule has 43 heavy (non-hydrogen) atoms. The lowest BCUT2D eigenvalue weighted by Crippen LogP contribution is -2.19. The zero-order valence-corrected chi connectivity index (χ0v) is 22.8. The van der Waals surface area contributed by atoms with E-state index < -0.39 is 0 Å². The van der Waals surface area contributed by atoms with Crippen molar-refractivity contribution < 1.29 is 9.15 Å². The topological polar surface area (TPSA) is 64.3 Å². The number of fused-ring (bicyclic) bond motifs is 9. The zero-order chi connectivity index (χ0) is 28.3. The summed E-state index contributed by atoms with van der Waals surface area (Å²) in [6.07, 6.45) is 0. The Hall–Kier alpha value is -6.01. The molecule has 6 aromatic carbocycles. The van der Waals surface area contributed by atoms with Gasteiger partial charge in [-0.1, -0.05) is 115 Å². The van der Waals surface area contributed by atoms with Gasteiger partial charge in [0.1, 0.15) is 11.3 Å². The van der Waals surface area contributed by atoms with Gasteiger partial charge in [0.25, 0.3) is 0 Å². The van der Waals surface area contributed by atoms with Gasteiger partial charge in [-0.3, -0.25) is 4.90 Å². The summed E-state index contributed by atoms with van der Waals surface area (Å²) in [5.41, 5.74) is 4.90. The Morgan fingerprint density at radius 1 is 0.512 bits per heavy atom. The molecule has 0 atom stereocenters. The van der Waals surface area contributed by atoms with E-state index in [1.165, 1.54) is 0 Å². The fourth-order valence-electron chi connectivity index (χ4n) is 5.98. The van der Waals surface area contributed by atoms with E-state index >= 15 is 0 Å². The normalized spacial score (nSPS) is 12.3. The quantitative estimate of drug-likeness (QED) is 0.217. The average molecular weight is 555 g/mol. The second-order valence-electron chi connectivity index (χ2n) is 10.4. The van der Waals surface area contributed by atoms with Gasteiger partial charge in [-0.15, -0.1) is 0 Å². The van der Waals surface area contributed by atoms with E-state index in [1.807, 2.05) is 109 Å². The third-order valence-electron chi connectivity index (χ3n) is 7.90. The van der Waals surface area contributed by atoms with Crippen LogP contribution < -0.4 is 9.64 Å². The standard InChI is InChI=1S/C37H22N4O2/c1-3-13-23(14-4-1)35-38-36(24-15-5-2-6-16-24)40-37(39-35)41-28-20-10-12-22-30(28)43-33-26-18-8-7-17-25(26)31-27-19-9-11-21-29(27)42-34(31)32(33)41/h1-22H. The maximum Gasteiger partial charge on any atom is 0.239 e. The Kier molecular flexibility index (Phi) is 5.10. The van der Waals surface area contributed by atoms with Gasteiger partial charge in [0.2, 0.25) is 5.95 Å². The number of hydrogen-bond acceptors (Lipinski definition) is 6. The number of benzene rings is 6. The molecule has 0 spiro atoms. The van der Waals surface area contributed by atoms with E-state index in [2.05, 4.69) is 29.2 Å². The minimum absolute atomic E-state index is 0.474. The van der Waals surface area contributed by atoms with Gasteiger partial charge in [0, 0.05) is 27.3 Å². The van der Waals surface area contributed by atoms with Crippen molar-refractivity contribution in [3.05, 3.63) is 133 Å². The number of furan rings is 1. The summed E-state index contributed by atoms with van der Waals surface area (Å²) in [6.45, 7) is 0. The Bertz CT molecular complexity index is 2270. The van der Waals surface area contributed by atoms with E-state index in [0.717, 1.165) is 49.6 Å². The van der Waals surface area contributed by atoms with Crippen LogP contribution in [0, 0.1) is 0 Å². The molecule has 8 aromatic rings. The van der Waals surface area contributed by atoms with Gasteiger partial charge in [0.15, 0.2) is 28.7 Å². The summed E-state index contributed by atoms with van der Waals surface area (Å²) in [5.74, 6) is 3.04. The van der Waals surface area contributed by atoms with Gasteiger partial charge in [0.05, 0.1) is 5.69 Å². The van der Waals surface area contributed by atoms with Crippen LogP contribution in [0.5, 0.6) is 11.5 Å². The van der Waals surface area contributed by atoms with E-state index in [4.69, 9.17) is 24.1 Å². The predicted octanol–water partition coefficient (Wildman–Crippen LogP) is 9.83. The number of ether oxygens (including phenoxy) is 1. The van der Waals surface area contributed by atoms with Gasteiger partial charge >= 0.3 is 0 Å². The van der Waals surface area contributed by atoms with Crippen molar-refractivity contribution in [3.8, 4) is 34.3 Å². The van der Waals surface area contributed by atoms with Crippen LogP contribution in [0.15, 0.2) is 138 Å². The Morgan fingerprint density at radius 2 is 1.09 bits per heavy atom. The molecule has 0 radical (unpaired) electrons. The molecule has 0 saturated carbocycles. The fourth-order valence-corrected chi connectivity index (χ4v) is 5.98. The molecule has 0 N–H and O–H groups in total. The first-order valence-corrected chi connectivity index (χ1v) is 14.1. The largest absolute Gasteiger partial charge is 0.454 e. The highest BCUT2D eigenvalue weighted by atomic mass is 16.5. The van der Waals surface area contributed by atoms with Gasteiger partial charge in [-0.25, -0.2) is 4.98 Å². The van der Waals surface area contributed by atoms with Gasteiger partial charge < -0.3 is 9.15 Å². The molecule has 0 aliphatic carbocycles. The molecule has 0 bridgehead atoms. The smallest absolute Gasteiger partial charge is 0.239 e. The Balaban J connectivity index is 1.42.